The highest BCUT2D eigenvalue weighted by Crippen LogP contribution is 2.23. The first-order valence-electron chi connectivity index (χ1n) is 5.77. The van der Waals surface area contributed by atoms with E-state index in [4.69, 9.17) is 0 Å². The van der Waals surface area contributed by atoms with E-state index in [9.17, 15) is 4.79 Å². The van der Waals surface area contributed by atoms with Crippen molar-refractivity contribution in [2.75, 3.05) is 29.6 Å². The van der Waals surface area contributed by atoms with Gasteiger partial charge in [0.15, 0.2) is 0 Å². The predicted octanol–water partition coefficient (Wildman–Crippen LogP) is 3.26. The molecule has 0 aliphatic heterocycles. The number of nitrogens with zero attached hydrogens (tertiary/aromatic N) is 1. The molecule has 1 amide bonds. The van der Waals surface area contributed by atoms with Crippen molar-refractivity contribution in [3.63, 3.8) is 0 Å². The molecule has 1 aromatic carbocycles. The second-order valence-corrected chi connectivity index (χ2v) is 4.90. The van der Waals surface area contributed by atoms with Gasteiger partial charge in [-0.25, -0.2) is 0 Å². The maximum Gasteiger partial charge on any atom is 0.224 e. The maximum atomic E-state index is 11.7. The third-order valence-corrected chi connectivity index (χ3v) is 3.01. The average Bonchev–Trinajstić information content (AvgIpc) is 2.29. The first-order chi connectivity index (χ1) is 8.15. The Balaban J connectivity index is 2.58. The Morgan fingerprint density at radius 3 is 2.65 bits per heavy atom. The second kappa shape index (κ2) is 7.33. The number of carbonyl (C=O) groups excluding carboxylic acids is 1. The summed E-state index contributed by atoms with van der Waals surface area (Å²) in [5.41, 5.74) is 1.91. The van der Waals surface area contributed by atoms with Gasteiger partial charge in [0.25, 0.3) is 0 Å². The molecule has 0 fully saturated rings. The smallest absolute Gasteiger partial charge is 0.224 e. The van der Waals surface area contributed by atoms with Crippen molar-refractivity contribution in [1.29, 1.82) is 0 Å². The number of hydrogen-bond acceptors (Lipinski definition) is 2. The third kappa shape index (κ3) is 4.77. The van der Waals surface area contributed by atoms with Gasteiger partial charge in [-0.3, -0.25) is 4.79 Å². The molecular weight excluding hydrogens is 280 g/mol. The third-order valence-electron chi connectivity index (χ3n) is 2.45. The molecule has 1 N–H and O–H groups in total. The zero-order chi connectivity index (χ0) is 12.7. The van der Waals surface area contributed by atoms with Gasteiger partial charge in [-0.15, -0.1) is 0 Å². The molecule has 0 saturated carbocycles. The topological polar surface area (TPSA) is 32.3 Å². The first-order valence-corrected chi connectivity index (χ1v) is 6.89. The Hall–Kier alpha value is -1.03. The van der Waals surface area contributed by atoms with E-state index >= 15 is 0 Å². The molecule has 0 aliphatic rings. The van der Waals surface area contributed by atoms with Crippen molar-refractivity contribution in [1.82, 2.24) is 0 Å². The van der Waals surface area contributed by atoms with E-state index in [1.54, 1.807) is 0 Å². The fraction of sp³-hybridized carbons (Fsp3) is 0.462. The zero-order valence-electron chi connectivity index (χ0n) is 10.4. The molecule has 0 radical (unpaired) electrons. The summed E-state index contributed by atoms with van der Waals surface area (Å²) in [6, 6.07) is 7.82. The van der Waals surface area contributed by atoms with E-state index in [-0.39, 0.29) is 5.91 Å². The van der Waals surface area contributed by atoms with Gasteiger partial charge >= 0.3 is 0 Å². The van der Waals surface area contributed by atoms with Crippen LogP contribution in [-0.2, 0) is 4.79 Å². The number of unbranched alkanes of at least 4 members (excludes halogenated alkanes) is 1. The van der Waals surface area contributed by atoms with Crippen LogP contribution in [0.3, 0.4) is 0 Å². The van der Waals surface area contributed by atoms with E-state index in [0.717, 1.165) is 29.5 Å². The Bertz CT molecular complexity index is 366. The predicted molar refractivity (Wildman–Crippen MR) is 77.0 cm³/mol. The highest BCUT2D eigenvalue weighted by molar-refractivity contribution is 9.09. The van der Waals surface area contributed by atoms with Gasteiger partial charge in [0.1, 0.15) is 0 Å². The quantitative estimate of drug-likeness (QED) is 0.646. The fourth-order valence-corrected chi connectivity index (χ4v) is 1.96. The molecule has 3 nitrogen and oxygen atoms in total. The number of amides is 1. The van der Waals surface area contributed by atoms with Gasteiger partial charge in [0.2, 0.25) is 5.91 Å². The molecule has 0 heterocycles. The molecule has 0 bridgehead atoms. The van der Waals surface area contributed by atoms with Crippen LogP contribution in [-0.4, -0.2) is 25.3 Å². The SMILES string of the molecule is CN(C)c1ccccc1NC(=O)CCCCBr. The van der Waals surface area contributed by atoms with E-state index in [1.165, 1.54) is 0 Å². The van der Waals surface area contributed by atoms with Crippen molar-refractivity contribution in [2.45, 2.75) is 19.3 Å². The van der Waals surface area contributed by atoms with Crippen LogP contribution in [0.15, 0.2) is 24.3 Å². The van der Waals surface area contributed by atoms with Crippen LogP contribution in [0.2, 0.25) is 0 Å². The summed E-state index contributed by atoms with van der Waals surface area (Å²) < 4.78 is 0. The van der Waals surface area contributed by atoms with Gasteiger partial charge in [-0.05, 0) is 25.0 Å². The summed E-state index contributed by atoms with van der Waals surface area (Å²) in [7, 11) is 3.94. The van der Waals surface area contributed by atoms with Crippen molar-refractivity contribution in [3.05, 3.63) is 24.3 Å². The molecule has 0 aliphatic carbocycles. The van der Waals surface area contributed by atoms with Gasteiger partial charge in [-0.1, -0.05) is 28.1 Å². The number of anilines is 2. The number of para-hydroxylation sites is 2. The molecule has 94 valence electrons. The number of rotatable bonds is 6. The van der Waals surface area contributed by atoms with Gasteiger partial charge in [-0.2, -0.15) is 0 Å². The average molecular weight is 299 g/mol. The lowest BCUT2D eigenvalue weighted by molar-refractivity contribution is -0.116. The fourth-order valence-electron chi connectivity index (χ4n) is 1.56. The largest absolute Gasteiger partial charge is 0.376 e. The zero-order valence-corrected chi connectivity index (χ0v) is 12.0. The molecule has 0 saturated heterocycles. The number of alkyl halides is 1. The summed E-state index contributed by atoms with van der Waals surface area (Å²) in [5, 5.41) is 3.91. The monoisotopic (exact) mass is 298 g/mol. The molecule has 1 aromatic rings. The van der Waals surface area contributed by atoms with Crippen LogP contribution in [0.4, 0.5) is 11.4 Å². The number of benzene rings is 1. The Morgan fingerprint density at radius 2 is 2.00 bits per heavy atom. The van der Waals surface area contributed by atoms with Crippen LogP contribution in [0.1, 0.15) is 19.3 Å². The highest BCUT2D eigenvalue weighted by Gasteiger charge is 2.07. The summed E-state index contributed by atoms with van der Waals surface area (Å²) in [5.74, 6) is 0.0836. The van der Waals surface area contributed by atoms with Crippen molar-refractivity contribution < 1.29 is 4.79 Å². The minimum Gasteiger partial charge on any atom is -0.376 e. The lowest BCUT2D eigenvalue weighted by atomic mass is 10.2. The van der Waals surface area contributed by atoms with E-state index in [2.05, 4.69) is 21.2 Å². The van der Waals surface area contributed by atoms with Gasteiger partial charge in [0, 0.05) is 25.8 Å². The van der Waals surface area contributed by atoms with E-state index in [0.29, 0.717) is 6.42 Å². The molecule has 1 rings (SSSR count). The molecule has 4 heteroatoms. The van der Waals surface area contributed by atoms with Crippen LogP contribution in [0.25, 0.3) is 0 Å². The Labute approximate surface area is 111 Å². The lowest BCUT2D eigenvalue weighted by Crippen LogP contribution is -2.16. The summed E-state index contributed by atoms with van der Waals surface area (Å²) in [6.07, 6.45) is 2.53. The van der Waals surface area contributed by atoms with Gasteiger partial charge in [0.05, 0.1) is 11.4 Å². The Morgan fingerprint density at radius 1 is 1.29 bits per heavy atom. The standard InChI is InChI=1S/C13H19BrN2O/c1-16(2)12-8-4-3-7-11(12)15-13(17)9-5-6-10-14/h3-4,7-8H,5-6,9-10H2,1-2H3,(H,15,17). The minimum atomic E-state index is 0.0836. The van der Waals surface area contributed by atoms with Crippen LogP contribution >= 0.6 is 15.9 Å². The lowest BCUT2D eigenvalue weighted by Gasteiger charge is -2.17. The van der Waals surface area contributed by atoms with Crippen LogP contribution in [0, 0.1) is 0 Å². The van der Waals surface area contributed by atoms with Crippen LogP contribution < -0.4 is 10.2 Å². The molecule has 17 heavy (non-hydrogen) atoms. The maximum absolute atomic E-state index is 11.7. The molecule has 0 aromatic heterocycles. The number of halogens is 1. The molecule has 0 atom stereocenters. The van der Waals surface area contributed by atoms with Crippen LogP contribution in [0.5, 0.6) is 0 Å². The Kier molecular flexibility index (Phi) is 6.05. The molecule has 0 spiro atoms. The normalized spacial score (nSPS) is 10.1. The van der Waals surface area contributed by atoms with Crippen molar-refractivity contribution >= 4 is 33.2 Å². The van der Waals surface area contributed by atoms with E-state index in [1.807, 2.05) is 43.3 Å². The highest BCUT2D eigenvalue weighted by atomic mass is 79.9. The molecule has 0 unspecified atom stereocenters. The first kappa shape index (κ1) is 14.0. The summed E-state index contributed by atoms with van der Waals surface area (Å²) >= 11 is 3.36. The number of nitrogens with one attached hydrogen (secondary N) is 1. The van der Waals surface area contributed by atoms with Crippen molar-refractivity contribution in [3.8, 4) is 0 Å². The van der Waals surface area contributed by atoms with Gasteiger partial charge < -0.3 is 10.2 Å². The van der Waals surface area contributed by atoms with E-state index < -0.39 is 0 Å². The summed E-state index contributed by atoms with van der Waals surface area (Å²) in [4.78, 5) is 13.7. The van der Waals surface area contributed by atoms with Crippen molar-refractivity contribution in [2.24, 2.45) is 0 Å². The second-order valence-electron chi connectivity index (χ2n) is 4.11. The number of carbonyl (C=O) groups is 1. The number of hydrogen-bond donors (Lipinski definition) is 1. The minimum absolute atomic E-state index is 0.0836. The summed E-state index contributed by atoms with van der Waals surface area (Å²) in [6.45, 7) is 0. The molecular formula is C13H19BrN2O.